The van der Waals surface area contributed by atoms with Crippen LogP contribution in [0.1, 0.15) is 19.3 Å². The Hall–Kier alpha value is -0.400. The molecule has 1 fully saturated rings. The third-order valence-electron chi connectivity index (χ3n) is 3.00. The zero-order valence-corrected chi connectivity index (χ0v) is 9.54. The Kier molecular flexibility index (Phi) is 2.89. The monoisotopic (exact) mass is 216 g/mol. The third-order valence-corrected chi connectivity index (χ3v) is 6.62. The fourth-order valence-corrected chi connectivity index (χ4v) is 4.94. The summed E-state index contributed by atoms with van der Waals surface area (Å²) in [5.74, 6) is -0.112. The van der Waals surface area contributed by atoms with E-state index in [4.69, 9.17) is 9.26 Å². The molecule has 0 atom stereocenters. The van der Waals surface area contributed by atoms with Gasteiger partial charge in [-0.3, -0.25) is 0 Å². The van der Waals surface area contributed by atoms with Crippen molar-refractivity contribution in [2.75, 3.05) is 25.6 Å². The van der Waals surface area contributed by atoms with Gasteiger partial charge in [-0.2, -0.15) is 0 Å². The number of rotatable bonds is 3. The molecule has 80 valence electrons. The third kappa shape index (κ3) is 2.34. The summed E-state index contributed by atoms with van der Waals surface area (Å²) in [7, 11) is -1.38. The van der Waals surface area contributed by atoms with Crippen molar-refractivity contribution in [3.63, 3.8) is 0 Å². The summed E-state index contributed by atoms with van der Waals surface area (Å²) in [4.78, 5) is 10.8. The number of hydrogen-bond acceptors (Lipinski definition) is 3. The molecule has 0 unspecified atom stereocenters. The van der Waals surface area contributed by atoms with Gasteiger partial charge < -0.3 is 0 Å². The van der Waals surface area contributed by atoms with Gasteiger partial charge in [0.1, 0.15) is 0 Å². The molecule has 2 rings (SSSR count). The number of ether oxygens (including phenoxy) is 1. The van der Waals surface area contributed by atoms with Crippen molar-refractivity contribution >= 4 is 13.5 Å². The van der Waals surface area contributed by atoms with Crippen LogP contribution < -0.4 is 0 Å². The van der Waals surface area contributed by atoms with Crippen molar-refractivity contribution in [3.8, 4) is 0 Å². The molecule has 0 saturated carbocycles. The maximum absolute atomic E-state index is 10.8. The van der Waals surface area contributed by atoms with E-state index in [1.54, 1.807) is 6.26 Å². The number of cyclic esters (lactones) is 1. The van der Waals surface area contributed by atoms with Crippen molar-refractivity contribution in [2.24, 2.45) is 0 Å². The zero-order valence-electron chi connectivity index (χ0n) is 8.54. The Labute approximate surface area is 84.9 Å². The summed E-state index contributed by atoms with van der Waals surface area (Å²) in [6, 6.07) is 0. The van der Waals surface area contributed by atoms with Gasteiger partial charge in [0.15, 0.2) is 0 Å². The molecule has 0 bridgehead atoms. The molecule has 0 spiro atoms. The summed E-state index contributed by atoms with van der Waals surface area (Å²) in [5.41, 5.74) is 1.14. The molecule has 0 aromatic carbocycles. The van der Waals surface area contributed by atoms with E-state index < -0.39 is 7.49 Å². The van der Waals surface area contributed by atoms with Gasteiger partial charge >= 0.3 is 84.2 Å². The number of hydrogen-bond donors (Lipinski definition) is 0. The fraction of sp³-hybridized carbons (Fsp3) is 0.700. The molecular formula is C10H17O3P. The van der Waals surface area contributed by atoms with Gasteiger partial charge in [-0.1, -0.05) is 0 Å². The first-order valence-corrected chi connectivity index (χ1v) is 8.02. The van der Waals surface area contributed by atoms with E-state index in [-0.39, 0.29) is 5.97 Å². The van der Waals surface area contributed by atoms with Crippen LogP contribution in [0.25, 0.3) is 0 Å². The van der Waals surface area contributed by atoms with Crippen LogP contribution in [-0.4, -0.2) is 31.6 Å². The first-order valence-electron chi connectivity index (χ1n) is 5.19. The molecule has 14 heavy (non-hydrogen) atoms. The fourth-order valence-electron chi connectivity index (χ4n) is 2.02. The van der Waals surface area contributed by atoms with Gasteiger partial charge in [0.2, 0.25) is 0 Å². The molecule has 2 heterocycles. The normalized spacial score (nSPS) is 27.2. The van der Waals surface area contributed by atoms with Gasteiger partial charge in [0.25, 0.3) is 0 Å². The van der Waals surface area contributed by atoms with Crippen LogP contribution in [0.2, 0.25) is 0 Å². The van der Waals surface area contributed by atoms with Crippen LogP contribution in [0.5, 0.6) is 0 Å². The second-order valence-corrected chi connectivity index (χ2v) is 8.53. The van der Waals surface area contributed by atoms with Crippen LogP contribution in [0.4, 0.5) is 0 Å². The summed E-state index contributed by atoms with van der Waals surface area (Å²) < 4.78 is 10.6. The standard InChI is InChI=1S/C10H17O3P/c1-14(5-2-4-13-14)6-3-9-7-10(11)12-8-9/h8,14H,2-7H2,1H3. The number of carbonyl (C=O) groups is 1. The Bertz CT molecular complexity index is 267. The molecule has 0 aromatic heterocycles. The Morgan fingerprint density at radius 2 is 2.43 bits per heavy atom. The number of carbonyl (C=O) groups excluding carboxylic acids is 1. The summed E-state index contributed by atoms with van der Waals surface area (Å²) in [5, 5.41) is 0. The van der Waals surface area contributed by atoms with E-state index in [0.717, 1.165) is 24.8 Å². The molecule has 0 N–H and O–H groups in total. The molecule has 0 aliphatic carbocycles. The van der Waals surface area contributed by atoms with Gasteiger partial charge in [0.05, 0.1) is 0 Å². The molecule has 2 aliphatic rings. The van der Waals surface area contributed by atoms with E-state index in [0.29, 0.717) is 6.42 Å². The van der Waals surface area contributed by atoms with Crippen LogP contribution in [-0.2, 0) is 14.1 Å². The van der Waals surface area contributed by atoms with Crippen molar-refractivity contribution in [2.45, 2.75) is 19.3 Å². The summed E-state index contributed by atoms with van der Waals surface area (Å²) in [6.07, 6.45) is 6.72. The Morgan fingerprint density at radius 1 is 1.57 bits per heavy atom. The summed E-state index contributed by atoms with van der Waals surface area (Å²) >= 11 is 0. The molecule has 4 heteroatoms. The molecule has 2 aliphatic heterocycles. The van der Waals surface area contributed by atoms with Crippen LogP contribution >= 0.6 is 7.49 Å². The Morgan fingerprint density at radius 3 is 3.00 bits per heavy atom. The van der Waals surface area contributed by atoms with E-state index in [1.165, 1.54) is 12.6 Å². The van der Waals surface area contributed by atoms with Gasteiger partial charge in [-0.05, 0) is 0 Å². The van der Waals surface area contributed by atoms with Crippen LogP contribution in [0.15, 0.2) is 11.8 Å². The second kappa shape index (κ2) is 4.00. The van der Waals surface area contributed by atoms with Gasteiger partial charge in [0, 0.05) is 0 Å². The minimum atomic E-state index is -1.38. The molecule has 1 saturated heterocycles. The predicted molar refractivity (Wildman–Crippen MR) is 58.0 cm³/mol. The van der Waals surface area contributed by atoms with E-state index in [1.807, 2.05) is 0 Å². The van der Waals surface area contributed by atoms with E-state index in [2.05, 4.69) is 6.66 Å². The number of esters is 1. The zero-order chi connectivity index (χ0) is 10.0. The predicted octanol–water partition coefficient (Wildman–Crippen LogP) is 1.92. The van der Waals surface area contributed by atoms with Crippen molar-refractivity contribution in [3.05, 3.63) is 11.8 Å². The van der Waals surface area contributed by atoms with Crippen molar-refractivity contribution in [1.29, 1.82) is 0 Å². The second-order valence-electron chi connectivity index (χ2n) is 4.34. The summed E-state index contributed by atoms with van der Waals surface area (Å²) in [6.45, 7) is 3.23. The van der Waals surface area contributed by atoms with Crippen LogP contribution in [0.3, 0.4) is 0 Å². The average molecular weight is 216 g/mol. The van der Waals surface area contributed by atoms with E-state index >= 15 is 0 Å². The molecule has 0 amide bonds. The maximum atomic E-state index is 10.8. The Balaban J connectivity index is 1.79. The molecule has 3 nitrogen and oxygen atoms in total. The first-order chi connectivity index (χ1) is 6.68. The SMILES string of the molecule is C[PH]1(CCC2=COC(=O)C2)CCCO1. The molecule has 0 aromatic rings. The van der Waals surface area contributed by atoms with Crippen molar-refractivity contribution in [1.82, 2.24) is 0 Å². The van der Waals surface area contributed by atoms with Crippen molar-refractivity contribution < 1.29 is 14.1 Å². The molecule has 0 radical (unpaired) electrons. The topological polar surface area (TPSA) is 35.5 Å². The van der Waals surface area contributed by atoms with Gasteiger partial charge in [-0.25, -0.2) is 0 Å². The average Bonchev–Trinajstić information content (AvgIpc) is 2.73. The first kappa shape index (κ1) is 10.1. The minimum absolute atomic E-state index is 0.112. The quantitative estimate of drug-likeness (QED) is 0.534. The van der Waals surface area contributed by atoms with E-state index in [9.17, 15) is 4.79 Å². The van der Waals surface area contributed by atoms with Gasteiger partial charge in [-0.15, -0.1) is 0 Å². The molecular weight excluding hydrogens is 199 g/mol. The van der Waals surface area contributed by atoms with Crippen LogP contribution in [0, 0.1) is 0 Å².